The van der Waals surface area contributed by atoms with Crippen LogP contribution in [0.5, 0.6) is 0 Å². The van der Waals surface area contributed by atoms with Gasteiger partial charge in [-0.05, 0) is 43.7 Å². The summed E-state index contributed by atoms with van der Waals surface area (Å²) in [7, 11) is 0. The van der Waals surface area contributed by atoms with Crippen LogP contribution >= 0.6 is 0 Å². The van der Waals surface area contributed by atoms with Gasteiger partial charge in [-0.1, -0.05) is 0 Å². The Hall–Kier alpha value is -2.43. The highest BCUT2D eigenvalue weighted by atomic mass is 19.1. The van der Waals surface area contributed by atoms with Crippen LogP contribution in [-0.4, -0.2) is 17.4 Å². The molecule has 1 amide bonds. The summed E-state index contributed by atoms with van der Waals surface area (Å²) in [5.74, 6) is -0.890. The number of nitrogens with one attached hydrogen (secondary N) is 2. The first-order valence-electron chi connectivity index (χ1n) is 6.37. The van der Waals surface area contributed by atoms with E-state index in [1.807, 2.05) is 26.0 Å². The number of hydrogen-bond acceptors (Lipinski definition) is 3. The Morgan fingerprint density at radius 2 is 2.15 bits per heavy atom. The number of benzene rings is 1. The molecule has 0 aliphatic carbocycles. The number of nitrogens with zero attached hydrogens (tertiary/aromatic N) is 1. The van der Waals surface area contributed by atoms with E-state index in [4.69, 9.17) is 0 Å². The van der Waals surface area contributed by atoms with E-state index >= 15 is 0 Å². The van der Waals surface area contributed by atoms with Gasteiger partial charge in [0.2, 0.25) is 0 Å². The lowest BCUT2D eigenvalue weighted by Crippen LogP contribution is -2.14. The molecule has 104 valence electrons. The van der Waals surface area contributed by atoms with E-state index in [0.717, 1.165) is 24.0 Å². The van der Waals surface area contributed by atoms with Crippen LogP contribution in [0, 0.1) is 12.7 Å². The monoisotopic (exact) mass is 273 g/mol. The lowest BCUT2D eigenvalue weighted by molar-refractivity contribution is 0.102. The molecular formula is C15H16FN3O. The van der Waals surface area contributed by atoms with Crippen molar-refractivity contribution >= 4 is 17.3 Å². The van der Waals surface area contributed by atoms with Crippen molar-refractivity contribution in [2.75, 3.05) is 17.2 Å². The maximum absolute atomic E-state index is 13.4. The van der Waals surface area contributed by atoms with Crippen molar-refractivity contribution < 1.29 is 9.18 Å². The summed E-state index contributed by atoms with van der Waals surface area (Å²) >= 11 is 0. The van der Waals surface area contributed by atoms with E-state index in [1.54, 1.807) is 6.07 Å². The fourth-order valence-electron chi connectivity index (χ4n) is 1.90. The Morgan fingerprint density at radius 1 is 1.35 bits per heavy atom. The number of pyridine rings is 1. The topological polar surface area (TPSA) is 54.0 Å². The first kappa shape index (κ1) is 14.0. The van der Waals surface area contributed by atoms with Gasteiger partial charge in [-0.3, -0.25) is 9.78 Å². The number of aryl methyl sites for hydroxylation is 1. The van der Waals surface area contributed by atoms with Gasteiger partial charge in [0.1, 0.15) is 0 Å². The third-order valence-corrected chi connectivity index (χ3v) is 2.87. The lowest BCUT2D eigenvalue weighted by Gasteiger charge is -2.10. The van der Waals surface area contributed by atoms with Gasteiger partial charge in [-0.2, -0.15) is 0 Å². The first-order valence-corrected chi connectivity index (χ1v) is 6.37. The van der Waals surface area contributed by atoms with Crippen molar-refractivity contribution in [1.82, 2.24) is 4.98 Å². The van der Waals surface area contributed by atoms with E-state index in [1.165, 1.54) is 12.3 Å². The highest BCUT2D eigenvalue weighted by molar-refractivity contribution is 6.05. The molecule has 0 aliphatic heterocycles. The largest absolute Gasteiger partial charge is 0.385 e. The number of aromatic nitrogens is 1. The molecule has 0 spiro atoms. The molecule has 0 bridgehead atoms. The number of carbonyl (C=O) groups excluding carboxylic acids is 1. The van der Waals surface area contributed by atoms with Gasteiger partial charge in [-0.25, -0.2) is 4.39 Å². The molecule has 2 aromatic rings. The molecule has 20 heavy (non-hydrogen) atoms. The second-order valence-electron chi connectivity index (χ2n) is 4.37. The van der Waals surface area contributed by atoms with E-state index < -0.39 is 5.82 Å². The Balaban J connectivity index is 2.19. The van der Waals surface area contributed by atoms with E-state index in [0.29, 0.717) is 5.56 Å². The zero-order valence-electron chi connectivity index (χ0n) is 11.4. The number of hydrogen-bond donors (Lipinski definition) is 2. The van der Waals surface area contributed by atoms with Crippen LogP contribution in [0.15, 0.2) is 36.7 Å². The SMILES string of the molecule is CCNc1ccc(C(=O)Nc2ccncc2F)c(C)c1. The quantitative estimate of drug-likeness (QED) is 0.899. The average molecular weight is 273 g/mol. The molecule has 0 unspecified atom stereocenters. The van der Waals surface area contributed by atoms with Crippen molar-refractivity contribution in [3.63, 3.8) is 0 Å². The van der Waals surface area contributed by atoms with Crippen molar-refractivity contribution in [2.45, 2.75) is 13.8 Å². The molecule has 1 heterocycles. The van der Waals surface area contributed by atoms with Crippen LogP contribution in [0.4, 0.5) is 15.8 Å². The maximum Gasteiger partial charge on any atom is 0.256 e. The van der Waals surface area contributed by atoms with Crippen molar-refractivity contribution in [1.29, 1.82) is 0 Å². The minimum Gasteiger partial charge on any atom is -0.385 e. The third kappa shape index (κ3) is 3.12. The molecule has 4 nitrogen and oxygen atoms in total. The van der Waals surface area contributed by atoms with Crippen LogP contribution in [0.25, 0.3) is 0 Å². The summed E-state index contributed by atoms with van der Waals surface area (Å²) in [6.07, 6.45) is 2.50. The third-order valence-electron chi connectivity index (χ3n) is 2.87. The van der Waals surface area contributed by atoms with Crippen LogP contribution in [-0.2, 0) is 0 Å². The summed E-state index contributed by atoms with van der Waals surface area (Å²) in [5.41, 5.74) is 2.43. The standard InChI is InChI=1S/C15H16FN3O/c1-3-18-11-4-5-12(10(2)8-11)15(20)19-14-6-7-17-9-13(14)16/h4-9,18H,3H2,1-2H3,(H,17,19,20). The lowest BCUT2D eigenvalue weighted by atomic mass is 10.1. The normalized spacial score (nSPS) is 10.2. The molecule has 0 saturated heterocycles. The molecule has 5 heteroatoms. The molecule has 1 aromatic heterocycles. The molecule has 0 aliphatic rings. The highest BCUT2D eigenvalue weighted by Crippen LogP contribution is 2.18. The Labute approximate surface area is 117 Å². The van der Waals surface area contributed by atoms with Gasteiger partial charge in [0.15, 0.2) is 5.82 Å². The zero-order valence-corrected chi connectivity index (χ0v) is 11.4. The zero-order chi connectivity index (χ0) is 14.5. The minimum absolute atomic E-state index is 0.125. The molecule has 0 radical (unpaired) electrons. The van der Waals surface area contributed by atoms with E-state index in [2.05, 4.69) is 15.6 Å². The molecule has 1 aromatic carbocycles. The fraction of sp³-hybridized carbons (Fsp3) is 0.200. The van der Waals surface area contributed by atoms with Gasteiger partial charge in [0.25, 0.3) is 5.91 Å². The second-order valence-corrected chi connectivity index (χ2v) is 4.37. The fourth-order valence-corrected chi connectivity index (χ4v) is 1.90. The van der Waals surface area contributed by atoms with E-state index in [-0.39, 0.29) is 11.6 Å². The predicted octanol–water partition coefficient (Wildman–Crippen LogP) is 3.21. The highest BCUT2D eigenvalue weighted by Gasteiger charge is 2.11. The van der Waals surface area contributed by atoms with E-state index in [9.17, 15) is 9.18 Å². The summed E-state index contributed by atoms with van der Waals surface area (Å²) in [5, 5.41) is 5.72. The van der Waals surface area contributed by atoms with Crippen LogP contribution in [0.3, 0.4) is 0 Å². The van der Waals surface area contributed by atoms with Gasteiger partial charge in [-0.15, -0.1) is 0 Å². The van der Waals surface area contributed by atoms with Gasteiger partial charge in [0, 0.05) is 24.0 Å². The Kier molecular flexibility index (Phi) is 4.30. The average Bonchev–Trinajstić information content (AvgIpc) is 2.42. The smallest absolute Gasteiger partial charge is 0.256 e. The number of anilines is 2. The van der Waals surface area contributed by atoms with Gasteiger partial charge >= 0.3 is 0 Å². The molecule has 2 rings (SSSR count). The summed E-state index contributed by atoms with van der Waals surface area (Å²) in [6, 6.07) is 6.87. The van der Waals surface area contributed by atoms with Crippen molar-refractivity contribution in [3.8, 4) is 0 Å². The maximum atomic E-state index is 13.4. The summed E-state index contributed by atoms with van der Waals surface area (Å²) in [6.45, 7) is 4.66. The molecule has 0 atom stereocenters. The Bertz CT molecular complexity index is 628. The first-order chi connectivity index (χ1) is 9.61. The second kappa shape index (κ2) is 6.14. The van der Waals surface area contributed by atoms with Gasteiger partial charge < -0.3 is 10.6 Å². The molecular weight excluding hydrogens is 257 g/mol. The van der Waals surface area contributed by atoms with Crippen LogP contribution in [0.1, 0.15) is 22.8 Å². The number of rotatable bonds is 4. The number of carbonyl (C=O) groups is 1. The predicted molar refractivity (Wildman–Crippen MR) is 77.5 cm³/mol. The summed E-state index contributed by atoms with van der Waals surface area (Å²) in [4.78, 5) is 15.8. The molecule has 2 N–H and O–H groups in total. The Morgan fingerprint density at radius 3 is 2.80 bits per heavy atom. The van der Waals surface area contributed by atoms with Crippen molar-refractivity contribution in [3.05, 3.63) is 53.6 Å². The molecule has 0 fully saturated rings. The van der Waals surface area contributed by atoms with Gasteiger partial charge in [0.05, 0.1) is 11.9 Å². The summed E-state index contributed by atoms with van der Waals surface area (Å²) < 4.78 is 13.4. The minimum atomic E-state index is -0.553. The van der Waals surface area contributed by atoms with Crippen LogP contribution < -0.4 is 10.6 Å². The number of amides is 1. The van der Waals surface area contributed by atoms with Crippen molar-refractivity contribution in [2.24, 2.45) is 0 Å². The molecule has 0 saturated carbocycles. The van der Waals surface area contributed by atoms with Crippen LogP contribution in [0.2, 0.25) is 0 Å². The number of halogens is 1.